The maximum atomic E-state index is 5.83. The van der Waals surface area contributed by atoms with Gasteiger partial charge in [0.1, 0.15) is 0 Å². The van der Waals surface area contributed by atoms with Crippen LogP contribution in [0.3, 0.4) is 0 Å². The van der Waals surface area contributed by atoms with Gasteiger partial charge >= 0.3 is 78.4 Å². The molecule has 0 aliphatic heterocycles. The summed E-state index contributed by atoms with van der Waals surface area (Å²) < 4.78 is 0. The Labute approximate surface area is 78.2 Å². The predicted octanol–water partition coefficient (Wildman–Crippen LogP) is 3.85. The SMILES string of the molecule is CC(C)/C(Cl)=C\[Se](C)(Cl)Cl. The molecule has 0 aromatic rings. The zero-order valence-corrected chi connectivity index (χ0v) is 10.2. The summed E-state index contributed by atoms with van der Waals surface area (Å²) in [5, 5.41) is 0.771. The Balaban J connectivity index is 4.17. The van der Waals surface area contributed by atoms with Gasteiger partial charge in [0, 0.05) is 0 Å². The van der Waals surface area contributed by atoms with Gasteiger partial charge in [0.05, 0.1) is 0 Å². The third-order valence-electron chi connectivity index (χ3n) is 0.871. The summed E-state index contributed by atoms with van der Waals surface area (Å²) in [6, 6.07) is 0. The summed E-state index contributed by atoms with van der Waals surface area (Å²) in [4.78, 5) is 1.80. The Morgan fingerprint density at radius 3 is 1.90 bits per heavy atom. The van der Waals surface area contributed by atoms with Gasteiger partial charge in [-0.25, -0.2) is 0 Å². The van der Waals surface area contributed by atoms with E-state index in [2.05, 4.69) is 0 Å². The van der Waals surface area contributed by atoms with Crippen molar-refractivity contribution in [3.8, 4) is 0 Å². The number of allylic oxidation sites excluding steroid dienone is 1. The van der Waals surface area contributed by atoms with Crippen LogP contribution in [0.1, 0.15) is 13.8 Å². The second kappa shape index (κ2) is 4.23. The van der Waals surface area contributed by atoms with Crippen molar-refractivity contribution < 1.29 is 0 Å². The second-order valence-corrected chi connectivity index (χ2v) is 14.1. The molecule has 0 saturated carbocycles. The molecule has 0 N–H and O–H groups in total. The van der Waals surface area contributed by atoms with Crippen LogP contribution in [0.4, 0.5) is 0 Å². The standard InChI is InChI=1S/C6H11Cl3Se/c1-5(2)6(7)4-10(3,8)9/h4-5H,1-3H3/b6-4+. The van der Waals surface area contributed by atoms with Crippen molar-refractivity contribution in [2.24, 2.45) is 5.92 Å². The summed E-state index contributed by atoms with van der Waals surface area (Å²) in [5.74, 6) is 2.17. The molecule has 4 heteroatoms. The molecule has 0 radical (unpaired) electrons. The molecule has 0 unspecified atom stereocenters. The fourth-order valence-electron chi connectivity index (χ4n) is 0.334. The second-order valence-electron chi connectivity index (χ2n) is 2.44. The van der Waals surface area contributed by atoms with Crippen LogP contribution < -0.4 is 0 Å². The van der Waals surface area contributed by atoms with Crippen LogP contribution >= 0.6 is 31.8 Å². The first-order valence-corrected chi connectivity index (χ1v) is 10.5. The molecule has 0 aromatic heterocycles. The van der Waals surface area contributed by atoms with E-state index in [1.807, 2.05) is 19.7 Å². The van der Waals surface area contributed by atoms with Crippen LogP contribution in [0.5, 0.6) is 0 Å². The molecule has 0 rings (SSSR count). The molecule has 0 saturated heterocycles. The fourth-order valence-corrected chi connectivity index (χ4v) is 4.13. The zero-order valence-electron chi connectivity index (χ0n) is 6.20. The molecule has 0 aliphatic carbocycles. The molecule has 0 bridgehead atoms. The zero-order chi connectivity index (χ0) is 8.36. The molecule has 0 fully saturated rings. The Morgan fingerprint density at radius 2 is 1.80 bits per heavy atom. The first kappa shape index (κ1) is 11.1. The Bertz CT molecular complexity index is 134. The van der Waals surface area contributed by atoms with Gasteiger partial charge in [-0.15, -0.1) is 0 Å². The van der Waals surface area contributed by atoms with Crippen molar-refractivity contribution in [2.45, 2.75) is 19.7 Å². The van der Waals surface area contributed by atoms with Crippen molar-refractivity contribution in [1.29, 1.82) is 0 Å². The van der Waals surface area contributed by atoms with Gasteiger partial charge < -0.3 is 0 Å². The minimum absolute atomic E-state index is 0.329. The summed E-state index contributed by atoms with van der Waals surface area (Å²) in [5.41, 5.74) is 0. The first-order chi connectivity index (χ1) is 4.33. The topological polar surface area (TPSA) is 0 Å². The number of halogens is 3. The summed E-state index contributed by atoms with van der Waals surface area (Å²) in [7, 11) is 11.7. The number of rotatable bonds is 2. The minimum atomic E-state index is -2.29. The van der Waals surface area contributed by atoms with Crippen molar-refractivity contribution in [1.82, 2.24) is 0 Å². The van der Waals surface area contributed by atoms with Crippen LogP contribution in [0, 0.1) is 5.92 Å². The Morgan fingerprint density at radius 1 is 1.40 bits per heavy atom. The van der Waals surface area contributed by atoms with Gasteiger partial charge in [-0.2, -0.15) is 0 Å². The molecular weight excluding hydrogens is 257 g/mol. The molecule has 0 atom stereocenters. The Hall–Kier alpha value is 1.13. The summed E-state index contributed by atoms with van der Waals surface area (Å²) in [6.45, 7) is 4.02. The normalized spacial score (nSPS) is 16.1. The van der Waals surface area contributed by atoms with Gasteiger partial charge in [-0.3, -0.25) is 0 Å². The van der Waals surface area contributed by atoms with E-state index in [0.717, 1.165) is 5.03 Å². The molecule has 0 amide bonds. The third-order valence-corrected chi connectivity index (χ3v) is 4.04. The Kier molecular flexibility index (Phi) is 4.71. The monoisotopic (exact) mass is 268 g/mol. The van der Waals surface area contributed by atoms with E-state index in [9.17, 15) is 0 Å². The molecule has 0 aromatic carbocycles. The third kappa shape index (κ3) is 5.88. The van der Waals surface area contributed by atoms with Gasteiger partial charge in [0.25, 0.3) is 0 Å². The van der Waals surface area contributed by atoms with Crippen LogP contribution in [0.2, 0.25) is 5.82 Å². The van der Waals surface area contributed by atoms with E-state index in [-0.39, 0.29) is 0 Å². The van der Waals surface area contributed by atoms with Crippen molar-refractivity contribution >= 4 is 42.8 Å². The average molecular weight is 268 g/mol. The summed E-state index contributed by atoms with van der Waals surface area (Å²) >= 11 is 3.54. The molecule has 0 nitrogen and oxygen atoms in total. The van der Waals surface area contributed by atoms with Crippen LogP contribution in [-0.4, -0.2) is 11.0 Å². The maximum absolute atomic E-state index is 5.83. The molecule has 0 spiro atoms. The van der Waals surface area contributed by atoms with E-state index < -0.39 is 11.0 Å². The average Bonchev–Trinajstić information content (AvgIpc) is 1.60. The molecule has 10 heavy (non-hydrogen) atoms. The van der Waals surface area contributed by atoms with Crippen LogP contribution in [0.25, 0.3) is 0 Å². The van der Waals surface area contributed by atoms with Gasteiger partial charge in [-0.05, 0) is 0 Å². The molecule has 0 heterocycles. The van der Waals surface area contributed by atoms with Gasteiger partial charge in [0.2, 0.25) is 0 Å². The number of hydrogen-bond donors (Lipinski definition) is 0. The predicted molar refractivity (Wildman–Crippen MR) is 52.1 cm³/mol. The van der Waals surface area contributed by atoms with Crippen LogP contribution in [0.15, 0.2) is 10.0 Å². The van der Waals surface area contributed by atoms with E-state index in [4.69, 9.17) is 31.8 Å². The molecular formula is C6H11Cl3Se. The molecule has 62 valence electrons. The quantitative estimate of drug-likeness (QED) is 0.667. The molecule has 0 aliphatic rings. The van der Waals surface area contributed by atoms with Crippen molar-refractivity contribution in [3.05, 3.63) is 10.0 Å². The van der Waals surface area contributed by atoms with E-state index in [1.54, 1.807) is 4.97 Å². The van der Waals surface area contributed by atoms with E-state index in [1.165, 1.54) is 0 Å². The van der Waals surface area contributed by atoms with Crippen LogP contribution in [-0.2, 0) is 0 Å². The van der Waals surface area contributed by atoms with Crippen molar-refractivity contribution in [3.63, 3.8) is 0 Å². The van der Waals surface area contributed by atoms with Gasteiger partial charge in [0.15, 0.2) is 0 Å². The van der Waals surface area contributed by atoms with Crippen molar-refractivity contribution in [2.75, 3.05) is 0 Å². The summed E-state index contributed by atoms with van der Waals surface area (Å²) in [6.07, 6.45) is 0. The van der Waals surface area contributed by atoms with E-state index in [0.29, 0.717) is 5.92 Å². The fraction of sp³-hybridized carbons (Fsp3) is 0.667. The first-order valence-electron chi connectivity index (χ1n) is 2.87. The van der Waals surface area contributed by atoms with Gasteiger partial charge in [-0.1, -0.05) is 0 Å². The van der Waals surface area contributed by atoms with E-state index >= 15 is 0 Å². The number of hydrogen-bond acceptors (Lipinski definition) is 0.